The van der Waals surface area contributed by atoms with Crippen molar-refractivity contribution in [1.82, 2.24) is 14.7 Å². The van der Waals surface area contributed by atoms with Crippen molar-refractivity contribution in [3.63, 3.8) is 0 Å². The third-order valence-electron chi connectivity index (χ3n) is 10.6. The van der Waals surface area contributed by atoms with Crippen molar-refractivity contribution in [2.24, 2.45) is 5.92 Å². The summed E-state index contributed by atoms with van der Waals surface area (Å²) in [6, 6.07) is 10.4. The summed E-state index contributed by atoms with van der Waals surface area (Å²) in [5, 5.41) is 15.0. The number of ketones is 1. The molecule has 4 heterocycles. The molecule has 3 saturated heterocycles. The number of thiophene rings is 1. The summed E-state index contributed by atoms with van der Waals surface area (Å²) in [5.74, 6) is -3.94. The van der Waals surface area contributed by atoms with Crippen molar-refractivity contribution in [2.75, 3.05) is 57.8 Å². The Bertz CT molecular complexity index is 1700. The van der Waals surface area contributed by atoms with E-state index in [0.29, 0.717) is 70.6 Å². The van der Waals surface area contributed by atoms with Gasteiger partial charge >= 0.3 is 5.97 Å². The number of likely N-dealkylation sites (tertiary alicyclic amines) is 2. The molecule has 13 heteroatoms. The number of hydrogen-bond donors (Lipinski definition) is 2. The molecule has 2 N–H and O–H groups in total. The number of carbonyl (C=O) groups is 3. The lowest BCUT2D eigenvalue weighted by atomic mass is 9.87. The number of carboxylic acids is 1. The first-order chi connectivity index (χ1) is 23.7. The predicted octanol–water partition coefficient (Wildman–Crippen LogP) is 5.48. The Labute approximate surface area is 294 Å². The summed E-state index contributed by atoms with van der Waals surface area (Å²) in [5.41, 5.74) is 0.733. The molecule has 10 nitrogen and oxygen atoms in total. The highest BCUT2D eigenvalue weighted by Crippen LogP contribution is 2.39. The summed E-state index contributed by atoms with van der Waals surface area (Å²) < 4.78 is 29.3. The van der Waals surface area contributed by atoms with Gasteiger partial charge in [0, 0.05) is 67.2 Å². The first-order valence-electron chi connectivity index (χ1n) is 17.2. The Morgan fingerprint density at radius 1 is 1.02 bits per heavy atom. The molecule has 49 heavy (non-hydrogen) atoms. The molecule has 0 bridgehead atoms. The Morgan fingerprint density at radius 2 is 1.73 bits per heavy atom. The molecule has 3 aliphatic heterocycles. The molecule has 3 aromatic rings. The molecule has 2 aromatic carbocycles. The van der Waals surface area contributed by atoms with Gasteiger partial charge in [-0.15, -0.1) is 11.3 Å². The quantitative estimate of drug-likeness (QED) is 0.267. The minimum atomic E-state index is -1.41. The van der Waals surface area contributed by atoms with E-state index in [4.69, 9.17) is 21.1 Å². The molecule has 0 spiro atoms. The smallest absolute Gasteiger partial charge is 0.306 e. The SMILES string of the molecule is O=C(Nc1cc(F)c(CC(=O)C(O[C@H]2CC[C@H](C(=O)O)CC2)(N2CCCC2)N2CC(N3CCOCC3)C2)cc1Cl)c1csc2ccccc12. The van der Waals surface area contributed by atoms with Crippen molar-refractivity contribution in [3.05, 3.63) is 63.7 Å². The van der Waals surface area contributed by atoms with Crippen molar-refractivity contribution in [2.45, 2.75) is 62.9 Å². The fraction of sp³-hybridized carbons (Fsp3) is 0.528. The number of hydrogen-bond acceptors (Lipinski definition) is 9. The van der Waals surface area contributed by atoms with Gasteiger partial charge in [-0.25, -0.2) is 4.39 Å². The third-order valence-corrected chi connectivity index (χ3v) is 11.8. The van der Waals surface area contributed by atoms with Crippen LogP contribution in [0.15, 0.2) is 41.8 Å². The molecule has 1 unspecified atom stereocenters. The molecular formula is C36H42ClFN4O6S. The van der Waals surface area contributed by atoms with Crippen LogP contribution in [0.5, 0.6) is 0 Å². The van der Waals surface area contributed by atoms with E-state index in [0.717, 1.165) is 36.0 Å². The van der Waals surface area contributed by atoms with E-state index in [9.17, 15) is 19.5 Å². The summed E-state index contributed by atoms with van der Waals surface area (Å²) >= 11 is 8.10. The average molecular weight is 713 g/mol. The molecule has 1 aromatic heterocycles. The van der Waals surface area contributed by atoms with E-state index in [1.807, 2.05) is 24.3 Å². The number of carbonyl (C=O) groups excluding carboxylic acids is 2. The Hall–Kier alpha value is -2.97. The Kier molecular flexibility index (Phi) is 10.4. The van der Waals surface area contributed by atoms with Gasteiger partial charge in [-0.05, 0) is 62.3 Å². The summed E-state index contributed by atoms with van der Waals surface area (Å²) in [7, 11) is 0. The van der Waals surface area contributed by atoms with E-state index in [1.54, 1.807) is 5.38 Å². The van der Waals surface area contributed by atoms with Crippen molar-refractivity contribution < 1.29 is 33.4 Å². The van der Waals surface area contributed by atoms with Crippen LogP contribution in [0, 0.1) is 11.7 Å². The number of nitrogens with one attached hydrogen (secondary N) is 1. The number of anilines is 1. The van der Waals surface area contributed by atoms with Gasteiger partial charge in [-0.1, -0.05) is 29.8 Å². The van der Waals surface area contributed by atoms with Gasteiger partial charge in [0.05, 0.1) is 41.5 Å². The first kappa shape index (κ1) is 34.5. The Morgan fingerprint density at radius 3 is 2.45 bits per heavy atom. The second-order valence-electron chi connectivity index (χ2n) is 13.6. The van der Waals surface area contributed by atoms with E-state index in [2.05, 4.69) is 20.0 Å². The van der Waals surface area contributed by atoms with Crippen molar-refractivity contribution >= 4 is 56.4 Å². The number of morpholine rings is 1. The van der Waals surface area contributed by atoms with Crippen LogP contribution in [-0.4, -0.2) is 108 Å². The second-order valence-corrected chi connectivity index (χ2v) is 14.9. The number of rotatable bonds is 11. The number of benzene rings is 2. The van der Waals surface area contributed by atoms with Gasteiger partial charge in [0.2, 0.25) is 5.85 Å². The normalized spacial score (nSPS) is 24.0. The molecule has 262 valence electrons. The topological polar surface area (TPSA) is 112 Å². The number of amides is 1. The maximum Gasteiger partial charge on any atom is 0.306 e. The van der Waals surface area contributed by atoms with Crippen LogP contribution < -0.4 is 5.32 Å². The highest BCUT2D eigenvalue weighted by molar-refractivity contribution is 7.17. The molecule has 1 atom stereocenters. The van der Waals surface area contributed by atoms with E-state index in [-0.39, 0.29) is 40.6 Å². The zero-order valence-electron chi connectivity index (χ0n) is 27.4. The molecule has 1 saturated carbocycles. The van der Waals surface area contributed by atoms with E-state index >= 15 is 4.39 Å². The van der Waals surface area contributed by atoms with Gasteiger partial charge in [0.25, 0.3) is 5.91 Å². The molecular weight excluding hydrogens is 671 g/mol. The average Bonchev–Trinajstić information content (AvgIpc) is 3.78. The highest BCUT2D eigenvalue weighted by Gasteiger charge is 2.56. The number of carboxylic acid groups (broad SMARTS) is 1. The number of fused-ring (bicyclic) bond motifs is 1. The third kappa shape index (κ3) is 7.01. The standard InChI is InChI=1S/C36H42ClFN4O6S/c37-29-17-24(30(38)19-31(29)39-34(44)28-22-49-32-6-2-1-5-27(28)32)18-33(43)36(41-11-3-4-12-41,48-26-9-7-23(8-10-26)35(45)46)42-20-25(21-42)40-13-15-47-16-14-40/h1-2,5-6,17,19,22-23,25-26H,3-4,7-16,18,20-21H2,(H,39,44)(H,45,46)/t23-,26-,36?. The number of Topliss-reactive ketones (excluding diaryl/α,β-unsaturated/α-hetero) is 1. The first-order valence-corrected chi connectivity index (χ1v) is 18.5. The molecule has 4 fully saturated rings. The maximum absolute atomic E-state index is 15.9. The second kappa shape index (κ2) is 14.7. The van der Waals surface area contributed by atoms with Crippen LogP contribution in [0.4, 0.5) is 10.1 Å². The maximum atomic E-state index is 15.9. The number of ether oxygens (including phenoxy) is 2. The summed E-state index contributed by atoms with van der Waals surface area (Å²) in [6.45, 7) is 5.60. The van der Waals surface area contributed by atoms with E-state index in [1.165, 1.54) is 23.5 Å². The van der Waals surface area contributed by atoms with Gasteiger partial charge in [-0.3, -0.25) is 29.1 Å². The minimum absolute atomic E-state index is 0.126. The lowest BCUT2D eigenvalue weighted by Crippen LogP contribution is -2.76. The van der Waals surface area contributed by atoms with Gasteiger partial charge < -0.3 is 19.9 Å². The van der Waals surface area contributed by atoms with Crippen molar-refractivity contribution in [3.8, 4) is 0 Å². The molecule has 4 aliphatic rings. The van der Waals surface area contributed by atoms with Crippen LogP contribution in [0.2, 0.25) is 5.02 Å². The fourth-order valence-electron chi connectivity index (χ4n) is 7.77. The summed E-state index contributed by atoms with van der Waals surface area (Å²) in [4.78, 5) is 46.2. The summed E-state index contributed by atoms with van der Waals surface area (Å²) in [6.07, 6.45) is 3.32. The van der Waals surface area contributed by atoms with Gasteiger partial charge in [0.1, 0.15) is 5.82 Å². The monoisotopic (exact) mass is 712 g/mol. The molecule has 7 rings (SSSR count). The zero-order chi connectivity index (χ0) is 34.1. The van der Waals surface area contributed by atoms with Crippen LogP contribution in [-0.2, 0) is 25.5 Å². The number of nitrogens with zero attached hydrogens (tertiary/aromatic N) is 3. The van der Waals surface area contributed by atoms with Crippen LogP contribution in [0.25, 0.3) is 10.1 Å². The minimum Gasteiger partial charge on any atom is -0.481 e. The van der Waals surface area contributed by atoms with Crippen molar-refractivity contribution in [1.29, 1.82) is 0 Å². The zero-order valence-corrected chi connectivity index (χ0v) is 28.9. The molecule has 1 amide bonds. The molecule has 1 aliphatic carbocycles. The van der Waals surface area contributed by atoms with Gasteiger partial charge in [0.15, 0.2) is 5.78 Å². The van der Waals surface area contributed by atoms with Crippen LogP contribution in [0.1, 0.15) is 54.4 Å². The largest absolute Gasteiger partial charge is 0.481 e. The van der Waals surface area contributed by atoms with Gasteiger partial charge in [-0.2, -0.15) is 0 Å². The highest BCUT2D eigenvalue weighted by atomic mass is 35.5. The van der Waals surface area contributed by atoms with E-state index < -0.39 is 29.5 Å². The lowest BCUT2D eigenvalue weighted by Gasteiger charge is -2.57. The molecule has 0 radical (unpaired) electrons. The van der Waals surface area contributed by atoms with Crippen LogP contribution in [0.3, 0.4) is 0 Å². The van der Waals surface area contributed by atoms with Crippen LogP contribution >= 0.6 is 22.9 Å². The number of halogens is 2. The lowest BCUT2D eigenvalue weighted by molar-refractivity contribution is -0.277. The predicted molar refractivity (Wildman–Crippen MR) is 186 cm³/mol. The number of aliphatic carboxylic acids is 1. The Balaban J connectivity index is 1.14. The fourth-order valence-corrected chi connectivity index (χ4v) is 8.95.